The molecule has 0 unspecified atom stereocenters. The van der Waals surface area contributed by atoms with Gasteiger partial charge in [-0.15, -0.1) is 0 Å². The van der Waals surface area contributed by atoms with E-state index in [0.29, 0.717) is 5.56 Å². The van der Waals surface area contributed by atoms with Gasteiger partial charge in [0.05, 0.1) is 28.6 Å². The number of halogens is 1. The highest BCUT2D eigenvalue weighted by Crippen LogP contribution is 2.58. The first-order chi connectivity index (χ1) is 16.4. The molecule has 0 N–H and O–H groups in total. The van der Waals surface area contributed by atoms with Crippen LogP contribution in [0.5, 0.6) is 0 Å². The van der Waals surface area contributed by atoms with Crippen molar-refractivity contribution < 1.29 is 23.9 Å². The van der Waals surface area contributed by atoms with Gasteiger partial charge in [-0.25, -0.2) is 4.90 Å². The van der Waals surface area contributed by atoms with Crippen LogP contribution >= 0.6 is 11.6 Å². The average Bonchev–Trinajstić information content (AvgIpc) is 3.40. The van der Waals surface area contributed by atoms with Crippen LogP contribution in [0.4, 0.5) is 5.69 Å². The van der Waals surface area contributed by atoms with Crippen molar-refractivity contribution in [1.82, 2.24) is 0 Å². The SMILES string of the molecule is Cc1ccc([C@H]2OC3(C(=O)c4ccccc4C3=O)[C@@H]3C(=O)N(c4ccccc4Cl)C(=O)[C@@H]23)cc1. The number of Topliss-reactive ketones (excluding diaryl/α,β-unsaturated/α-hetero) is 2. The monoisotopic (exact) mass is 471 g/mol. The third kappa shape index (κ3) is 2.55. The lowest BCUT2D eigenvalue weighted by atomic mass is 9.77. The Hall–Kier alpha value is -3.61. The fourth-order valence-electron chi connectivity index (χ4n) is 5.44. The normalized spacial score (nSPS) is 24.8. The van der Waals surface area contributed by atoms with Gasteiger partial charge < -0.3 is 4.74 Å². The second kappa shape index (κ2) is 7.19. The molecule has 34 heavy (non-hydrogen) atoms. The molecule has 0 aromatic heterocycles. The topological polar surface area (TPSA) is 80.8 Å². The van der Waals surface area contributed by atoms with Gasteiger partial charge in [-0.1, -0.05) is 77.8 Å². The number of nitrogens with zero attached hydrogens (tertiary/aromatic N) is 1. The maximum atomic E-state index is 13.8. The minimum Gasteiger partial charge on any atom is -0.349 e. The summed E-state index contributed by atoms with van der Waals surface area (Å²) in [6.45, 7) is 1.92. The predicted octanol–water partition coefficient (Wildman–Crippen LogP) is 4.34. The summed E-state index contributed by atoms with van der Waals surface area (Å²) in [5.74, 6) is -4.71. The summed E-state index contributed by atoms with van der Waals surface area (Å²) >= 11 is 6.33. The molecule has 3 aromatic carbocycles. The molecule has 2 aliphatic heterocycles. The molecule has 3 aliphatic rings. The third-order valence-electron chi connectivity index (χ3n) is 7.02. The number of hydrogen-bond acceptors (Lipinski definition) is 5. The number of hydrogen-bond donors (Lipinski definition) is 0. The summed E-state index contributed by atoms with van der Waals surface area (Å²) in [6, 6.07) is 20.2. The van der Waals surface area contributed by atoms with Crippen LogP contribution in [-0.2, 0) is 14.3 Å². The lowest BCUT2D eigenvalue weighted by Crippen LogP contribution is -2.51. The van der Waals surface area contributed by atoms with Gasteiger partial charge in [-0.05, 0) is 24.6 Å². The summed E-state index contributed by atoms with van der Waals surface area (Å²) in [4.78, 5) is 56.1. The number of imide groups is 1. The summed E-state index contributed by atoms with van der Waals surface area (Å²) in [5.41, 5.74) is 0.157. The Kier molecular flexibility index (Phi) is 4.43. The van der Waals surface area contributed by atoms with Crippen molar-refractivity contribution in [3.63, 3.8) is 0 Å². The molecule has 168 valence electrons. The number of anilines is 1. The first kappa shape index (κ1) is 21.0. The lowest BCUT2D eigenvalue weighted by molar-refractivity contribution is -0.127. The summed E-state index contributed by atoms with van der Waals surface area (Å²) < 4.78 is 6.26. The summed E-state index contributed by atoms with van der Waals surface area (Å²) in [7, 11) is 0. The van der Waals surface area contributed by atoms with Crippen molar-refractivity contribution in [3.8, 4) is 0 Å². The number of rotatable bonds is 2. The van der Waals surface area contributed by atoms with Gasteiger partial charge in [0.2, 0.25) is 29.0 Å². The van der Waals surface area contributed by atoms with Crippen LogP contribution < -0.4 is 4.90 Å². The van der Waals surface area contributed by atoms with Crippen LogP contribution in [0, 0.1) is 18.8 Å². The maximum absolute atomic E-state index is 13.8. The molecule has 7 heteroatoms. The zero-order chi connectivity index (χ0) is 23.8. The van der Waals surface area contributed by atoms with Crippen LogP contribution in [0.15, 0.2) is 72.8 Å². The Morgan fingerprint density at radius 3 is 2.00 bits per heavy atom. The molecule has 2 saturated heterocycles. The number of ether oxygens (including phenoxy) is 1. The molecular formula is C27H18ClNO5. The fourth-order valence-corrected chi connectivity index (χ4v) is 5.66. The first-order valence-electron chi connectivity index (χ1n) is 10.9. The van der Waals surface area contributed by atoms with Crippen molar-refractivity contribution in [3.05, 3.63) is 100 Å². The van der Waals surface area contributed by atoms with Crippen LogP contribution in [0.3, 0.4) is 0 Å². The van der Waals surface area contributed by atoms with Crippen LogP contribution in [0.1, 0.15) is 37.9 Å². The standard InChI is InChI=1S/C27H18ClNO5/c1-14-10-12-15(13-11-14)22-20-21(26(33)29(25(20)32)19-9-5-4-8-18(19)28)27(34-22)23(30)16-6-2-3-7-17(16)24(27)31/h2-13,20-22H,1H3/t20-,21+,22-/m1/s1. The van der Waals surface area contributed by atoms with E-state index in [0.717, 1.165) is 10.5 Å². The maximum Gasteiger partial charge on any atom is 0.241 e. The number of carbonyl (C=O) groups excluding carboxylic acids is 4. The second-order valence-electron chi connectivity index (χ2n) is 8.86. The van der Waals surface area contributed by atoms with Gasteiger partial charge in [0.15, 0.2) is 0 Å². The third-order valence-corrected chi connectivity index (χ3v) is 7.34. The molecule has 1 aliphatic carbocycles. The number of carbonyl (C=O) groups is 4. The van der Waals surface area contributed by atoms with E-state index >= 15 is 0 Å². The highest BCUT2D eigenvalue weighted by atomic mass is 35.5. The Labute approximate surface area is 200 Å². The fraction of sp³-hybridized carbons (Fsp3) is 0.185. The zero-order valence-electron chi connectivity index (χ0n) is 18.0. The van der Waals surface area contributed by atoms with Crippen molar-refractivity contribution in [2.24, 2.45) is 11.8 Å². The minimum atomic E-state index is -2.09. The first-order valence-corrected chi connectivity index (χ1v) is 11.3. The molecule has 2 fully saturated rings. The summed E-state index contributed by atoms with van der Waals surface area (Å²) in [5, 5.41) is 0.221. The van der Waals surface area contributed by atoms with Gasteiger partial charge in [-0.2, -0.15) is 0 Å². The van der Waals surface area contributed by atoms with Gasteiger partial charge >= 0.3 is 0 Å². The molecular weight excluding hydrogens is 454 g/mol. The van der Waals surface area contributed by atoms with Gasteiger partial charge in [0.25, 0.3) is 0 Å². The highest BCUT2D eigenvalue weighted by molar-refractivity contribution is 6.39. The molecule has 0 bridgehead atoms. The molecule has 6 rings (SSSR count). The highest BCUT2D eigenvalue weighted by Gasteiger charge is 2.74. The van der Waals surface area contributed by atoms with E-state index < -0.39 is 46.9 Å². The Morgan fingerprint density at radius 1 is 0.794 bits per heavy atom. The minimum absolute atomic E-state index is 0.201. The van der Waals surface area contributed by atoms with Crippen LogP contribution in [0.2, 0.25) is 5.02 Å². The quantitative estimate of drug-likeness (QED) is 0.410. The largest absolute Gasteiger partial charge is 0.349 e. The molecule has 0 saturated carbocycles. The Bertz CT molecular complexity index is 1380. The number of amides is 2. The van der Waals surface area contributed by atoms with E-state index in [1.54, 1.807) is 60.7 Å². The smallest absolute Gasteiger partial charge is 0.241 e. The van der Waals surface area contributed by atoms with E-state index in [9.17, 15) is 19.2 Å². The number of fused-ring (bicyclic) bond motifs is 3. The van der Waals surface area contributed by atoms with Gasteiger partial charge in [0, 0.05) is 11.1 Å². The summed E-state index contributed by atoms with van der Waals surface area (Å²) in [6.07, 6.45) is -0.947. The molecule has 3 aromatic rings. The average molecular weight is 472 g/mol. The molecule has 1 spiro atoms. The van der Waals surface area contributed by atoms with Crippen molar-refractivity contribution in [1.29, 1.82) is 0 Å². The molecule has 0 radical (unpaired) electrons. The Balaban J connectivity index is 1.56. The number of para-hydroxylation sites is 1. The number of aryl methyl sites for hydroxylation is 1. The van der Waals surface area contributed by atoms with E-state index in [1.807, 2.05) is 19.1 Å². The molecule has 3 atom stereocenters. The molecule has 6 nitrogen and oxygen atoms in total. The lowest BCUT2D eigenvalue weighted by Gasteiger charge is -2.27. The van der Waals surface area contributed by atoms with Crippen molar-refractivity contribution >= 4 is 40.7 Å². The van der Waals surface area contributed by atoms with Crippen molar-refractivity contribution in [2.75, 3.05) is 4.90 Å². The number of ketones is 2. The molecule has 2 amide bonds. The predicted molar refractivity (Wildman–Crippen MR) is 124 cm³/mol. The van der Waals surface area contributed by atoms with E-state index in [2.05, 4.69) is 0 Å². The number of benzene rings is 3. The van der Waals surface area contributed by atoms with Gasteiger partial charge in [0.1, 0.15) is 0 Å². The van der Waals surface area contributed by atoms with Crippen LogP contribution in [0.25, 0.3) is 0 Å². The zero-order valence-corrected chi connectivity index (χ0v) is 18.8. The van der Waals surface area contributed by atoms with E-state index in [-0.39, 0.29) is 21.8 Å². The second-order valence-corrected chi connectivity index (χ2v) is 9.26. The molecule has 2 heterocycles. The Morgan fingerprint density at radius 2 is 1.38 bits per heavy atom. The van der Waals surface area contributed by atoms with E-state index in [4.69, 9.17) is 16.3 Å². The van der Waals surface area contributed by atoms with Gasteiger partial charge in [-0.3, -0.25) is 19.2 Å². The van der Waals surface area contributed by atoms with E-state index in [1.165, 1.54) is 0 Å². The van der Waals surface area contributed by atoms with Crippen molar-refractivity contribution in [2.45, 2.75) is 18.6 Å². The van der Waals surface area contributed by atoms with Crippen LogP contribution in [-0.4, -0.2) is 29.0 Å².